The molecule has 3 aliphatic rings. The molecule has 0 atom stereocenters. The Labute approximate surface area is 460 Å². The van der Waals surface area contributed by atoms with Crippen molar-refractivity contribution in [2.75, 3.05) is 26.4 Å². The predicted molar refractivity (Wildman–Crippen MR) is 322 cm³/mol. The van der Waals surface area contributed by atoms with Crippen LogP contribution in [-0.4, -0.2) is 26.4 Å². The standard InChI is InChI=1S/C72H96O4/c1-3-5-13-21-55-25-29-57(30-26-55)59-37-41-65(42-38-59)73-49-17-9-11-19-51-75-67-45-47-69-63(53-67)35-33-61-23-15-7-8-16-24-62-34-36-64-54-68(46-48-70(64)72(62)71(61)69)76-52-20-12-10-18-50-74-66-43-39-60(40-44-66)58-31-27-56(28-32-58)22-14-6-4-2/h33-48,53-58H,3-32,49-52H2,1-2H3. The molecule has 0 saturated heterocycles. The van der Waals surface area contributed by atoms with E-state index in [0.717, 1.165) is 137 Å². The van der Waals surface area contributed by atoms with Gasteiger partial charge < -0.3 is 18.9 Å². The zero-order chi connectivity index (χ0) is 52.0. The first kappa shape index (κ1) is 55.8. The van der Waals surface area contributed by atoms with E-state index in [1.54, 1.807) is 0 Å². The van der Waals surface area contributed by atoms with Crippen molar-refractivity contribution in [1.29, 1.82) is 0 Å². The topological polar surface area (TPSA) is 36.9 Å². The fourth-order valence-corrected chi connectivity index (χ4v) is 13.4. The van der Waals surface area contributed by atoms with Crippen molar-refractivity contribution in [2.24, 2.45) is 11.8 Å². The highest BCUT2D eigenvalue weighted by atomic mass is 16.5. The third-order valence-electron chi connectivity index (χ3n) is 18.0. The molecule has 408 valence electrons. The highest BCUT2D eigenvalue weighted by molar-refractivity contribution is 6.08. The molecule has 6 aromatic rings. The maximum atomic E-state index is 6.42. The van der Waals surface area contributed by atoms with Crippen LogP contribution in [0.1, 0.15) is 228 Å². The lowest BCUT2D eigenvalue weighted by atomic mass is 9.77. The molecule has 4 nitrogen and oxygen atoms in total. The van der Waals surface area contributed by atoms with Gasteiger partial charge >= 0.3 is 0 Å². The van der Waals surface area contributed by atoms with Crippen molar-refractivity contribution in [3.8, 4) is 34.1 Å². The number of fused-ring (bicyclic) bond motifs is 7. The molecular formula is C72H96O4. The Morgan fingerprint density at radius 1 is 0.342 bits per heavy atom. The van der Waals surface area contributed by atoms with Gasteiger partial charge in [0, 0.05) is 0 Å². The minimum absolute atomic E-state index is 0.730. The molecule has 0 radical (unpaired) electrons. The minimum atomic E-state index is 0.730. The lowest BCUT2D eigenvalue weighted by Gasteiger charge is -2.29. The fourth-order valence-electron chi connectivity index (χ4n) is 13.4. The molecule has 0 unspecified atom stereocenters. The molecule has 0 heterocycles. The van der Waals surface area contributed by atoms with Crippen molar-refractivity contribution >= 4 is 21.5 Å². The average Bonchev–Trinajstić information content (AvgIpc) is 3.46. The number of rotatable bonds is 28. The molecule has 76 heavy (non-hydrogen) atoms. The van der Waals surface area contributed by atoms with Gasteiger partial charge in [-0.05, 0) is 256 Å². The van der Waals surface area contributed by atoms with Gasteiger partial charge in [0.25, 0.3) is 0 Å². The second kappa shape index (κ2) is 30.3. The quantitative estimate of drug-likeness (QED) is 0.0459. The van der Waals surface area contributed by atoms with E-state index in [-0.39, 0.29) is 0 Å². The summed E-state index contributed by atoms with van der Waals surface area (Å²) in [4.78, 5) is 0. The number of aryl methyl sites for hydroxylation is 2. The molecule has 0 aliphatic heterocycles. The van der Waals surface area contributed by atoms with Gasteiger partial charge in [0.2, 0.25) is 0 Å². The summed E-state index contributed by atoms with van der Waals surface area (Å²) >= 11 is 0. The summed E-state index contributed by atoms with van der Waals surface area (Å²) in [6, 6.07) is 41.2. The van der Waals surface area contributed by atoms with Gasteiger partial charge in [-0.2, -0.15) is 0 Å². The van der Waals surface area contributed by atoms with Crippen LogP contribution in [0.4, 0.5) is 0 Å². The maximum Gasteiger partial charge on any atom is 0.119 e. The van der Waals surface area contributed by atoms with Crippen LogP contribution < -0.4 is 18.9 Å². The van der Waals surface area contributed by atoms with E-state index >= 15 is 0 Å². The summed E-state index contributed by atoms with van der Waals surface area (Å²) in [6.07, 6.45) is 38.3. The molecule has 0 aromatic heterocycles. The minimum Gasteiger partial charge on any atom is -0.494 e. The van der Waals surface area contributed by atoms with Crippen LogP contribution in [-0.2, 0) is 12.8 Å². The molecule has 0 bridgehead atoms. The van der Waals surface area contributed by atoms with Gasteiger partial charge in [-0.15, -0.1) is 0 Å². The van der Waals surface area contributed by atoms with Crippen LogP contribution >= 0.6 is 0 Å². The van der Waals surface area contributed by atoms with E-state index < -0.39 is 0 Å². The zero-order valence-corrected chi connectivity index (χ0v) is 47.4. The lowest BCUT2D eigenvalue weighted by Crippen LogP contribution is -2.13. The maximum absolute atomic E-state index is 6.42. The SMILES string of the molecule is CCCCCC1CCC(c2ccc(OCCCCCCOc3ccc4c5c(ccc4c3)CCCCCCc3ccc4cc(OCCCCCCOc6ccc(C7CCC(CCCCC)CC7)cc6)ccc4c3-5)cc2)CC1. The normalized spacial score (nSPS) is 19.0. The van der Waals surface area contributed by atoms with Crippen molar-refractivity contribution in [2.45, 2.75) is 218 Å². The largest absolute Gasteiger partial charge is 0.494 e. The van der Waals surface area contributed by atoms with Gasteiger partial charge in [-0.1, -0.05) is 139 Å². The molecular weight excluding hydrogens is 929 g/mol. The van der Waals surface area contributed by atoms with Crippen LogP contribution in [0.15, 0.2) is 109 Å². The summed E-state index contributed by atoms with van der Waals surface area (Å²) in [5, 5.41) is 5.18. The van der Waals surface area contributed by atoms with Crippen LogP contribution in [0.5, 0.6) is 23.0 Å². The first-order valence-electron chi connectivity index (χ1n) is 31.4. The smallest absolute Gasteiger partial charge is 0.119 e. The molecule has 0 spiro atoms. The Bertz CT molecular complexity index is 2430. The first-order valence-corrected chi connectivity index (χ1v) is 31.4. The molecule has 4 heteroatoms. The summed E-state index contributed by atoms with van der Waals surface area (Å²) in [5.74, 6) is 7.33. The Kier molecular flexibility index (Phi) is 22.2. The summed E-state index contributed by atoms with van der Waals surface area (Å²) in [7, 11) is 0. The van der Waals surface area contributed by atoms with E-state index in [1.165, 1.54) is 183 Å². The van der Waals surface area contributed by atoms with E-state index in [0.29, 0.717) is 0 Å². The Morgan fingerprint density at radius 3 is 1.09 bits per heavy atom. The Hall–Kier alpha value is -4.96. The van der Waals surface area contributed by atoms with Crippen LogP contribution in [0.25, 0.3) is 32.7 Å². The van der Waals surface area contributed by atoms with E-state index in [2.05, 4.69) is 123 Å². The third kappa shape index (κ3) is 16.3. The fraction of sp³-hybridized carbons (Fsp3) is 0.556. The summed E-state index contributed by atoms with van der Waals surface area (Å²) in [5.41, 5.74) is 8.78. The highest BCUT2D eigenvalue weighted by Crippen LogP contribution is 2.44. The van der Waals surface area contributed by atoms with Crippen molar-refractivity contribution in [3.63, 3.8) is 0 Å². The average molecular weight is 1030 g/mol. The number of unbranched alkanes of at least 4 members (excludes halogenated alkanes) is 10. The third-order valence-corrected chi connectivity index (χ3v) is 18.0. The van der Waals surface area contributed by atoms with E-state index in [1.807, 2.05) is 0 Å². The van der Waals surface area contributed by atoms with Crippen LogP contribution in [0.2, 0.25) is 0 Å². The Balaban J connectivity index is 0.707. The van der Waals surface area contributed by atoms with Gasteiger partial charge in [0.1, 0.15) is 23.0 Å². The van der Waals surface area contributed by atoms with Crippen LogP contribution in [0, 0.1) is 11.8 Å². The van der Waals surface area contributed by atoms with Crippen molar-refractivity contribution in [1.82, 2.24) is 0 Å². The van der Waals surface area contributed by atoms with Crippen molar-refractivity contribution < 1.29 is 18.9 Å². The number of ether oxygens (including phenoxy) is 4. The Morgan fingerprint density at radius 2 is 0.711 bits per heavy atom. The molecule has 2 fully saturated rings. The molecule has 6 aromatic carbocycles. The lowest BCUT2D eigenvalue weighted by molar-refractivity contribution is 0.287. The molecule has 9 rings (SSSR count). The zero-order valence-electron chi connectivity index (χ0n) is 47.4. The molecule has 0 N–H and O–H groups in total. The van der Waals surface area contributed by atoms with Crippen molar-refractivity contribution in [3.05, 3.63) is 131 Å². The van der Waals surface area contributed by atoms with E-state index in [9.17, 15) is 0 Å². The first-order chi connectivity index (χ1) is 37.6. The summed E-state index contributed by atoms with van der Waals surface area (Å²) < 4.78 is 25.2. The van der Waals surface area contributed by atoms with Gasteiger partial charge in [-0.25, -0.2) is 0 Å². The highest BCUT2D eigenvalue weighted by Gasteiger charge is 2.24. The molecule has 2 saturated carbocycles. The second-order valence-electron chi connectivity index (χ2n) is 23.7. The van der Waals surface area contributed by atoms with E-state index in [4.69, 9.17) is 18.9 Å². The monoisotopic (exact) mass is 1020 g/mol. The van der Waals surface area contributed by atoms with Gasteiger partial charge in [0.15, 0.2) is 0 Å². The molecule has 0 amide bonds. The number of benzene rings is 6. The predicted octanol–water partition coefficient (Wildman–Crippen LogP) is 21.1. The van der Waals surface area contributed by atoms with Gasteiger partial charge in [-0.3, -0.25) is 0 Å². The number of hydrogen-bond donors (Lipinski definition) is 0. The number of hydrogen-bond acceptors (Lipinski definition) is 4. The molecule has 3 aliphatic carbocycles. The second-order valence-corrected chi connectivity index (χ2v) is 23.7. The van der Waals surface area contributed by atoms with Crippen LogP contribution in [0.3, 0.4) is 0 Å². The van der Waals surface area contributed by atoms with Gasteiger partial charge in [0.05, 0.1) is 26.4 Å². The summed E-state index contributed by atoms with van der Waals surface area (Å²) in [6.45, 7) is 7.65.